The van der Waals surface area contributed by atoms with Crippen LogP contribution in [0, 0.1) is 0 Å². The molecule has 0 saturated carbocycles. The van der Waals surface area contributed by atoms with Crippen LogP contribution in [0.25, 0.3) is 17.7 Å². The highest BCUT2D eigenvalue weighted by atomic mass is 16.6. The van der Waals surface area contributed by atoms with Gasteiger partial charge in [0, 0.05) is 12.5 Å². The lowest BCUT2D eigenvalue weighted by Crippen LogP contribution is -2.28. The SMILES string of the molecule is CCCCCC(=CC(=O)OC(Cc1ccc(O)c(O)c1)C(=O)O)c1cc(O)c(O)cc1C=Cc1ccc(O)c(O)c1. The Hall–Kier alpha value is -5.12. The number of rotatable bonds is 12. The Morgan fingerprint density at radius 3 is 2.05 bits per heavy atom. The molecule has 0 spiro atoms. The molecule has 3 aromatic carbocycles. The van der Waals surface area contributed by atoms with E-state index in [9.17, 15) is 45.3 Å². The molecule has 1 atom stereocenters. The summed E-state index contributed by atoms with van der Waals surface area (Å²) in [5.74, 6) is -4.60. The summed E-state index contributed by atoms with van der Waals surface area (Å²) in [6.45, 7) is 2.00. The van der Waals surface area contributed by atoms with Crippen LogP contribution in [0.2, 0.25) is 0 Å². The first-order valence-corrected chi connectivity index (χ1v) is 12.9. The molecule has 10 heteroatoms. The van der Waals surface area contributed by atoms with E-state index in [4.69, 9.17) is 4.74 Å². The minimum atomic E-state index is -1.59. The van der Waals surface area contributed by atoms with E-state index < -0.39 is 35.3 Å². The molecule has 3 rings (SSSR count). The summed E-state index contributed by atoms with van der Waals surface area (Å²) in [6, 6.07) is 10.6. The molecule has 0 saturated heterocycles. The number of ether oxygens (including phenoxy) is 1. The number of phenolic OH excluding ortho intramolecular Hbond substituents is 6. The number of carbonyl (C=O) groups is 2. The van der Waals surface area contributed by atoms with E-state index in [0.717, 1.165) is 18.9 Å². The minimum absolute atomic E-state index is 0.263. The monoisotopic (exact) mass is 564 g/mol. The van der Waals surface area contributed by atoms with E-state index in [1.807, 2.05) is 6.92 Å². The van der Waals surface area contributed by atoms with Crippen molar-refractivity contribution in [2.45, 2.75) is 45.1 Å². The highest BCUT2D eigenvalue weighted by Gasteiger charge is 2.23. The van der Waals surface area contributed by atoms with Crippen molar-refractivity contribution in [2.75, 3.05) is 0 Å². The van der Waals surface area contributed by atoms with Gasteiger partial charge in [0.05, 0.1) is 0 Å². The van der Waals surface area contributed by atoms with Gasteiger partial charge in [-0.05, 0) is 77.1 Å². The van der Waals surface area contributed by atoms with Crippen molar-refractivity contribution in [3.05, 3.63) is 76.9 Å². The number of carboxylic acid groups (broad SMARTS) is 1. The molecule has 0 aliphatic carbocycles. The Morgan fingerprint density at radius 2 is 1.41 bits per heavy atom. The van der Waals surface area contributed by atoms with Crippen LogP contribution in [0.3, 0.4) is 0 Å². The van der Waals surface area contributed by atoms with Crippen molar-refractivity contribution in [1.82, 2.24) is 0 Å². The predicted octanol–water partition coefficient (Wildman–Crippen LogP) is 5.29. The number of benzene rings is 3. The lowest BCUT2D eigenvalue weighted by molar-refractivity contribution is -0.160. The van der Waals surface area contributed by atoms with Gasteiger partial charge >= 0.3 is 11.9 Å². The second-order valence-corrected chi connectivity index (χ2v) is 9.43. The summed E-state index contributed by atoms with van der Waals surface area (Å²) in [6.07, 6.45) is 5.25. The Morgan fingerprint density at radius 1 is 0.780 bits per heavy atom. The fraction of sp³-hybridized carbons (Fsp3) is 0.226. The zero-order valence-electron chi connectivity index (χ0n) is 22.3. The Labute approximate surface area is 236 Å². The molecule has 1 unspecified atom stereocenters. The summed E-state index contributed by atoms with van der Waals surface area (Å²) in [5, 5.41) is 68.6. The van der Waals surface area contributed by atoms with Crippen LogP contribution < -0.4 is 0 Å². The summed E-state index contributed by atoms with van der Waals surface area (Å²) in [7, 11) is 0. The zero-order valence-corrected chi connectivity index (χ0v) is 22.3. The second-order valence-electron chi connectivity index (χ2n) is 9.43. The third-order valence-corrected chi connectivity index (χ3v) is 6.28. The van der Waals surface area contributed by atoms with Crippen LogP contribution >= 0.6 is 0 Å². The molecule has 10 nitrogen and oxygen atoms in total. The summed E-state index contributed by atoms with van der Waals surface area (Å²) in [4.78, 5) is 24.8. The van der Waals surface area contributed by atoms with Crippen LogP contribution in [-0.2, 0) is 20.7 Å². The van der Waals surface area contributed by atoms with Crippen LogP contribution in [0.4, 0.5) is 0 Å². The van der Waals surface area contributed by atoms with Crippen molar-refractivity contribution in [3.63, 3.8) is 0 Å². The van der Waals surface area contributed by atoms with Crippen molar-refractivity contribution in [3.8, 4) is 34.5 Å². The molecular weight excluding hydrogens is 532 g/mol. The third kappa shape index (κ3) is 8.43. The predicted molar refractivity (Wildman–Crippen MR) is 152 cm³/mol. The van der Waals surface area contributed by atoms with Gasteiger partial charge in [-0.1, -0.05) is 44.1 Å². The van der Waals surface area contributed by atoms with Crippen LogP contribution in [-0.4, -0.2) is 53.8 Å². The standard InChI is InChI=1S/C31H32O10/c1-2-3-4-5-20(16-30(38)41-29(31(39)40)14-19-8-11-24(33)26(35)13-19)22-17-28(37)27(36)15-21(22)9-6-18-7-10-23(32)25(34)12-18/h6-13,15-17,29,32-37H,2-5,14H2,1H3,(H,39,40). The normalized spacial score (nSPS) is 12.4. The van der Waals surface area contributed by atoms with Gasteiger partial charge in [0.2, 0.25) is 6.10 Å². The highest BCUT2D eigenvalue weighted by molar-refractivity contribution is 5.95. The van der Waals surface area contributed by atoms with Gasteiger partial charge in [-0.3, -0.25) is 0 Å². The molecule has 0 radical (unpaired) electrons. The molecule has 0 heterocycles. The Balaban J connectivity index is 1.96. The average Bonchev–Trinajstić information content (AvgIpc) is 2.92. The summed E-state index contributed by atoms with van der Waals surface area (Å²) < 4.78 is 5.25. The van der Waals surface area contributed by atoms with Gasteiger partial charge in [-0.2, -0.15) is 0 Å². The van der Waals surface area contributed by atoms with E-state index in [-0.39, 0.29) is 23.7 Å². The smallest absolute Gasteiger partial charge is 0.345 e. The maximum atomic E-state index is 13.0. The van der Waals surface area contributed by atoms with E-state index in [2.05, 4.69) is 0 Å². The van der Waals surface area contributed by atoms with Gasteiger partial charge in [-0.15, -0.1) is 0 Å². The molecule has 0 bridgehead atoms. The molecule has 0 aromatic heterocycles. The molecule has 41 heavy (non-hydrogen) atoms. The van der Waals surface area contributed by atoms with Crippen molar-refractivity contribution >= 4 is 29.7 Å². The average molecular weight is 565 g/mol. The lowest BCUT2D eigenvalue weighted by atomic mass is 9.93. The zero-order chi connectivity index (χ0) is 30.1. The number of hydrogen-bond acceptors (Lipinski definition) is 9. The minimum Gasteiger partial charge on any atom is -0.504 e. The van der Waals surface area contributed by atoms with Crippen molar-refractivity contribution in [2.24, 2.45) is 0 Å². The summed E-state index contributed by atoms with van der Waals surface area (Å²) in [5.41, 5.74) is 2.09. The number of esters is 1. The van der Waals surface area contributed by atoms with Gasteiger partial charge in [0.25, 0.3) is 0 Å². The number of aliphatic carboxylic acids is 1. The van der Waals surface area contributed by atoms with E-state index in [0.29, 0.717) is 40.7 Å². The Bertz CT molecular complexity index is 1470. The fourth-order valence-corrected chi connectivity index (χ4v) is 4.10. The highest BCUT2D eigenvalue weighted by Crippen LogP contribution is 2.36. The Kier molecular flexibility index (Phi) is 10.2. The number of unbranched alkanes of at least 4 members (excludes halogenated alkanes) is 2. The molecule has 7 N–H and O–H groups in total. The molecule has 0 aliphatic rings. The van der Waals surface area contributed by atoms with Gasteiger partial charge < -0.3 is 40.5 Å². The fourth-order valence-electron chi connectivity index (χ4n) is 4.10. The molecule has 3 aromatic rings. The lowest BCUT2D eigenvalue weighted by Gasteiger charge is -2.16. The van der Waals surface area contributed by atoms with Gasteiger partial charge in [0.1, 0.15) is 0 Å². The molecular formula is C31H32O10. The topological polar surface area (TPSA) is 185 Å². The molecule has 216 valence electrons. The first-order valence-electron chi connectivity index (χ1n) is 12.9. The number of carboxylic acids is 1. The second kappa shape index (κ2) is 13.8. The van der Waals surface area contributed by atoms with Crippen LogP contribution in [0.5, 0.6) is 34.5 Å². The first-order chi connectivity index (χ1) is 19.5. The largest absolute Gasteiger partial charge is 0.504 e. The molecule has 0 fully saturated rings. The number of phenols is 6. The van der Waals surface area contributed by atoms with Crippen molar-refractivity contribution < 1.29 is 50.1 Å². The van der Waals surface area contributed by atoms with Crippen molar-refractivity contribution in [1.29, 1.82) is 0 Å². The number of allylic oxidation sites excluding steroid dienone is 1. The first kappa shape index (κ1) is 30.4. The maximum Gasteiger partial charge on any atom is 0.345 e. The number of hydrogen-bond donors (Lipinski definition) is 7. The van der Waals surface area contributed by atoms with E-state index in [1.54, 1.807) is 18.2 Å². The summed E-state index contributed by atoms with van der Waals surface area (Å²) >= 11 is 0. The van der Waals surface area contributed by atoms with E-state index >= 15 is 0 Å². The van der Waals surface area contributed by atoms with E-state index in [1.165, 1.54) is 42.5 Å². The quantitative estimate of drug-likeness (QED) is 0.0501. The number of aromatic hydroxyl groups is 6. The molecule has 0 amide bonds. The molecule has 0 aliphatic heterocycles. The van der Waals surface area contributed by atoms with Gasteiger partial charge in [0.15, 0.2) is 34.5 Å². The van der Waals surface area contributed by atoms with Gasteiger partial charge in [-0.25, -0.2) is 9.59 Å². The third-order valence-electron chi connectivity index (χ3n) is 6.28. The number of carbonyl (C=O) groups excluding carboxylic acids is 1. The maximum absolute atomic E-state index is 13.0. The van der Waals surface area contributed by atoms with Crippen LogP contribution in [0.1, 0.15) is 54.9 Å². The van der Waals surface area contributed by atoms with Crippen LogP contribution in [0.15, 0.2) is 54.6 Å².